The van der Waals surface area contributed by atoms with Crippen molar-refractivity contribution in [3.63, 3.8) is 0 Å². The van der Waals surface area contributed by atoms with E-state index < -0.39 is 0 Å². The minimum absolute atomic E-state index is 0.373. The number of carbonyl (C=O) groups is 1. The Morgan fingerprint density at radius 2 is 1.50 bits per heavy atom. The SMILES string of the molecule is Cc1ccc(-c2ccn(-c3ccc(NC(=O)Nc4ccc(Cl)c(Cl)c4)cc3)n2)cc1. The lowest BCUT2D eigenvalue weighted by molar-refractivity contribution is 0.262. The number of hydrogen-bond acceptors (Lipinski definition) is 2. The molecule has 5 nitrogen and oxygen atoms in total. The largest absolute Gasteiger partial charge is 0.323 e. The summed E-state index contributed by atoms with van der Waals surface area (Å²) in [5.74, 6) is 0. The summed E-state index contributed by atoms with van der Waals surface area (Å²) in [7, 11) is 0. The van der Waals surface area contributed by atoms with Gasteiger partial charge in [0, 0.05) is 23.1 Å². The van der Waals surface area contributed by atoms with Crippen LogP contribution in [0.4, 0.5) is 16.2 Å². The van der Waals surface area contributed by atoms with Gasteiger partial charge in [0.2, 0.25) is 0 Å². The highest BCUT2D eigenvalue weighted by Gasteiger charge is 2.07. The average molecular weight is 437 g/mol. The van der Waals surface area contributed by atoms with E-state index in [0.29, 0.717) is 21.4 Å². The normalized spacial score (nSPS) is 10.6. The first-order chi connectivity index (χ1) is 14.5. The molecule has 1 aromatic heterocycles. The molecule has 0 saturated heterocycles. The second kappa shape index (κ2) is 8.61. The van der Waals surface area contributed by atoms with Gasteiger partial charge in [-0.1, -0.05) is 53.0 Å². The lowest BCUT2D eigenvalue weighted by Gasteiger charge is -2.09. The van der Waals surface area contributed by atoms with E-state index in [1.54, 1.807) is 22.9 Å². The van der Waals surface area contributed by atoms with Crippen molar-refractivity contribution in [1.29, 1.82) is 0 Å². The summed E-state index contributed by atoms with van der Waals surface area (Å²) in [6, 6.07) is 22.2. The summed E-state index contributed by atoms with van der Waals surface area (Å²) in [6.45, 7) is 2.06. The maximum absolute atomic E-state index is 12.2. The van der Waals surface area contributed by atoms with Gasteiger partial charge in [-0.2, -0.15) is 5.10 Å². The minimum Gasteiger partial charge on any atom is -0.308 e. The molecule has 0 spiro atoms. The van der Waals surface area contributed by atoms with Crippen LogP contribution in [0.15, 0.2) is 79.0 Å². The molecular weight excluding hydrogens is 419 g/mol. The number of nitrogens with one attached hydrogen (secondary N) is 2. The third kappa shape index (κ3) is 4.64. The van der Waals surface area contributed by atoms with Crippen molar-refractivity contribution < 1.29 is 4.79 Å². The van der Waals surface area contributed by atoms with Crippen LogP contribution in [0.25, 0.3) is 16.9 Å². The van der Waals surface area contributed by atoms with Crippen molar-refractivity contribution in [2.75, 3.05) is 10.6 Å². The van der Waals surface area contributed by atoms with Crippen molar-refractivity contribution in [3.8, 4) is 16.9 Å². The zero-order chi connectivity index (χ0) is 21.1. The number of halogens is 2. The maximum atomic E-state index is 12.2. The summed E-state index contributed by atoms with van der Waals surface area (Å²) in [4.78, 5) is 12.2. The molecule has 0 bridgehead atoms. The lowest BCUT2D eigenvalue weighted by Crippen LogP contribution is -2.19. The van der Waals surface area contributed by atoms with E-state index in [2.05, 4.69) is 46.9 Å². The molecule has 0 aliphatic heterocycles. The molecule has 0 radical (unpaired) electrons. The van der Waals surface area contributed by atoms with Crippen molar-refractivity contribution in [2.24, 2.45) is 0 Å². The molecule has 3 aromatic carbocycles. The number of benzene rings is 3. The molecule has 0 atom stereocenters. The fourth-order valence-corrected chi connectivity index (χ4v) is 3.21. The molecule has 4 rings (SSSR count). The van der Waals surface area contributed by atoms with Crippen molar-refractivity contribution >= 4 is 40.6 Å². The molecule has 0 fully saturated rings. The molecule has 2 amide bonds. The van der Waals surface area contributed by atoms with Crippen molar-refractivity contribution in [1.82, 2.24) is 9.78 Å². The fourth-order valence-electron chi connectivity index (χ4n) is 2.91. The van der Waals surface area contributed by atoms with Crippen LogP contribution in [0, 0.1) is 6.92 Å². The molecule has 1 heterocycles. The third-order valence-corrected chi connectivity index (χ3v) is 5.24. The van der Waals surface area contributed by atoms with Crippen LogP contribution in [-0.2, 0) is 0 Å². The molecule has 4 aromatic rings. The number of urea groups is 1. The van der Waals surface area contributed by atoms with Crippen LogP contribution >= 0.6 is 23.2 Å². The standard InChI is InChI=1S/C23H18Cl2N4O/c1-15-2-4-16(5-3-15)22-12-13-29(28-22)19-9-6-17(7-10-19)26-23(30)27-18-8-11-20(24)21(25)14-18/h2-14H,1H3,(H2,26,27,30). The molecule has 0 saturated carbocycles. The number of amides is 2. The van der Waals surface area contributed by atoms with Gasteiger partial charge in [0.05, 0.1) is 21.4 Å². The predicted molar refractivity (Wildman–Crippen MR) is 123 cm³/mol. The Kier molecular flexibility index (Phi) is 5.74. The summed E-state index contributed by atoms with van der Waals surface area (Å²) in [5, 5.41) is 10.9. The van der Waals surface area contributed by atoms with Crippen LogP contribution in [0.2, 0.25) is 10.0 Å². The van der Waals surface area contributed by atoms with Gasteiger partial charge in [0.15, 0.2) is 0 Å². The molecule has 7 heteroatoms. The molecule has 0 aliphatic carbocycles. The first-order valence-corrected chi connectivity index (χ1v) is 10.00. The monoisotopic (exact) mass is 436 g/mol. The van der Waals surface area contributed by atoms with Crippen LogP contribution in [-0.4, -0.2) is 15.8 Å². The van der Waals surface area contributed by atoms with E-state index >= 15 is 0 Å². The molecule has 2 N–H and O–H groups in total. The number of aryl methyl sites for hydroxylation is 1. The second-order valence-electron chi connectivity index (χ2n) is 6.77. The topological polar surface area (TPSA) is 59.0 Å². The smallest absolute Gasteiger partial charge is 0.308 e. The second-order valence-corrected chi connectivity index (χ2v) is 7.58. The highest BCUT2D eigenvalue weighted by Crippen LogP contribution is 2.25. The van der Waals surface area contributed by atoms with Crippen LogP contribution in [0.1, 0.15) is 5.56 Å². The molecule has 30 heavy (non-hydrogen) atoms. The van der Waals surface area contributed by atoms with Gasteiger partial charge in [-0.3, -0.25) is 0 Å². The van der Waals surface area contributed by atoms with Gasteiger partial charge in [0.25, 0.3) is 0 Å². The quantitative estimate of drug-likeness (QED) is 0.369. The zero-order valence-electron chi connectivity index (χ0n) is 16.1. The van der Waals surface area contributed by atoms with E-state index in [-0.39, 0.29) is 6.03 Å². The van der Waals surface area contributed by atoms with Crippen LogP contribution in [0.5, 0.6) is 0 Å². The van der Waals surface area contributed by atoms with E-state index in [4.69, 9.17) is 23.2 Å². The fraction of sp³-hybridized carbons (Fsp3) is 0.0435. The summed E-state index contributed by atoms with van der Waals surface area (Å²) >= 11 is 11.9. The number of aromatic nitrogens is 2. The number of anilines is 2. The summed E-state index contributed by atoms with van der Waals surface area (Å²) < 4.78 is 1.80. The minimum atomic E-state index is -0.373. The van der Waals surface area contributed by atoms with Gasteiger partial charge in [-0.05, 0) is 55.5 Å². The Morgan fingerprint density at radius 3 is 2.20 bits per heavy atom. The summed E-state index contributed by atoms with van der Waals surface area (Å²) in [5.41, 5.74) is 5.28. The van der Waals surface area contributed by atoms with Gasteiger partial charge in [-0.25, -0.2) is 9.48 Å². The van der Waals surface area contributed by atoms with Crippen LogP contribution in [0.3, 0.4) is 0 Å². The van der Waals surface area contributed by atoms with E-state index in [1.807, 2.05) is 36.5 Å². The zero-order valence-corrected chi connectivity index (χ0v) is 17.6. The molecular formula is C23H18Cl2N4O. The Morgan fingerprint density at radius 1 is 0.833 bits per heavy atom. The Bertz CT molecular complexity index is 1180. The van der Waals surface area contributed by atoms with Crippen molar-refractivity contribution in [3.05, 3.63) is 94.6 Å². The van der Waals surface area contributed by atoms with E-state index in [9.17, 15) is 4.79 Å². The molecule has 0 aliphatic rings. The Balaban J connectivity index is 1.42. The van der Waals surface area contributed by atoms with Gasteiger partial charge in [0.1, 0.15) is 0 Å². The first-order valence-electron chi connectivity index (χ1n) is 9.24. The highest BCUT2D eigenvalue weighted by molar-refractivity contribution is 6.42. The highest BCUT2D eigenvalue weighted by atomic mass is 35.5. The predicted octanol–water partition coefficient (Wildman–Crippen LogP) is 6.80. The lowest BCUT2D eigenvalue weighted by atomic mass is 10.1. The van der Waals surface area contributed by atoms with Gasteiger partial charge < -0.3 is 10.6 Å². The van der Waals surface area contributed by atoms with Gasteiger partial charge >= 0.3 is 6.03 Å². The molecule has 0 unspecified atom stereocenters. The Hall–Kier alpha value is -3.28. The first kappa shape index (κ1) is 20.0. The van der Waals surface area contributed by atoms with Crippen molar-refractivity contribution in [2.45, 2.75) is 6.92 Å². The molecule has 150 valence electrons. The number of hydrogen-bond donors (Lipinski definition) is 2. The van der Waals surface area contributed by atoms with Gasteiger partial charge in [-0.15, -0.1) is 0 Å². The van der Waals surface area contributed by atoms with E-state index in [0.717, 1.165) is 16.9 Å². The van der Waals surface area contributed by atoms with E-state index in [1.165, 1.54) is 5.56 Å². The summed E-state index contributed by atoms with van der Waals surface area (Å²) in [6.07, 6.45) is 1.91. The average Bonchev–Trinajstić information content (AvgIpc) is 3.22. The maximum Gasteiger partial charge on any atom is 0.323 e. The number of nitrogens with zero attached hydrogens (tertiary/aromatic N) is 2. The number of rotatable bonds is 4. The third-order valence-electron chi connectivity index (χ3n) is 4.50. The number of carbonyl (C=O) groups excluding carboxylic acids is 1. The van der Waals surface area contributed by atoms with Crippen LogP contribution < -0.4 is 10.6 Å². The Labute approximate surface area is 184 Å².